The lowest BCUT2D eigenvalue weighted by atomic mass is 10.1. The molecule has 0 aliphatic heterocycles. The Bertz CT molecular complexity index is 1330. The van der Waals surface area contributed by atoms with Crippen LogP contribution in [0.1, 0.15) is 27.9 Å². The van der Waals surface area contributed by atoms with Crippen LogP contribution in [-0.2, 0) is 11.2 Å². The Hall–Kier alpha value is -4.27. The van der Waals surface area contributed by atoms with Crippen molar-refractivity contribution in [1.29, 1.82) is 0 Å². The summed E-state index contributed by atoms with van der Waals surface area (Å²) in [6, 6.07) is 7.72. The topological polar surface area (TPSA) is 123 Å². The normalized spacial score (nSPS) is 14.0. The molecule has 0 bridgehead atoms. The predicted molar refractivity (Wildman–Crippen MR) is 113 cm³/mol. The van der Waals surface area contributed by atoms with E-state index in [-0.39, 0.29) is 5.56 Å². The number of pyridine rings is 1. The Labute approximate surface area is 176 Å². The molecule has 0 radical (unpaired) electrons. The molecule has 154 valence electrons. The number of methoxy groups -OCH3 is 1. The number of nitrogens with one attached hydrogen (secondary N) is 1. The number of oxime groups is 1. The first-order chi connectivity index (χ1) is 15.2. The molecule has 0 amide bonds. The first kappa shape index (κ1) is 18.7. The summed E-state index contributed by atoms with van der Waals surface area (Å²) in [6.45, 7) is 0. The monoisotopic (exact) mass is 415 g/mol. The molecule has 9 nitrogen and oxygen atoms in total. The summed E-state index contributed by atoms with van der Waals surface area (Å²) in [5.41, 5.74) is 5.13. The molecule has 0 spiro atoms. The zero-order chi connectivity index (χ0) is 21.4. The number of aromatic nitrogens is 3. The van der Waals surface area contributed by atoms with E-state index in [4.69, 9.17) is 14.4 Å². The van der Waals surface area contributed by atoms with Gasteiger partial charge in [-0.3, -0.25) is 4.98 Å². The largest absolute Gasteiger partial charge is 0.465 e. The molecule has 9 heteroatoms. The van der Waals surface area contributed by atoms with Crippen molar-refractivity contribution >= 4 is 34.0 Å². The van der Waals surface area contributed by atoms with Crippen molar-refractivity contribution in [2.24, 2.45) is 5.16 Å². The second kappa shape index (κ2) is 7.52. The minimum atomic E-state index is -0.511. The lowest BCUT2D eigenvalue weighted by Gasteiger charge is -2.09. The summed E-state index contributed by atoms with van der Waals surface area (Å²) in [4.78, 5) is 24.4. The molecule has 2 N–H and O–H groups in total. The van der Waals surface area contributed by atoms with Crippen LogP contribution in [0.4, 0.5) is 11.4 Å². The van der Waals surface area contributed by atoms with E-state index in [9.17, 15) is 4.79 Å². The number of hydrogen-bond acceptors (Lipinski definition) is 9. The van der Waals surface area contributed by atoms with Crippen molar-refractivity contribution in [1.82, 2.24) is 15.0 Å². The smallest absolute Gasteiger partial charge is 0.341 e. The first-order valence-corrected chi connectivity index (χ1v) is 9.56. The van der Waals surface area contributed by atoms with Gasteiger partial charge in [0.1, 0.15) is 0 Å². The second-order valence-corrected chi connectivity index (χ2v) is 7.01. The van der Waals surface area contributed by atoms with E-state index >= 15 is 0 Å². The molecule has 1 aliphatic carbocycles. The summed E-state index contributed by atoms with van der Waals surface area (Å²) in [5, 5.41) is 16.8. The molecule has 0 unspecified atom stereocenters. The zero-order valence-corrected chi connectivity index (χ0v) is 16.5. The molecule has 1 aromatic carbocycles. The molecular weight excluding hydrogens is 398 g/mol. The lowest BCUT2D eigenvalue weighted by Crippen LogP contribution is -2.03. The summed E-state index contributed by atoms with van der Waals surface area (Å²) < 4.78 is 10.7. The van der Waals surface area contributed by atoms with Gasteiger partial charge in [-0.05, 0) is 36.6 Å². The maximum absolute atomic E-state index is 11.7. The first-order valence-electron chi connectivity index (χ1n) is 9.56. The van der Waals surface area contributed by atoms with E-state index in [2.05, 4.69) is 25.4 Å². The number of esters is 1. The molecule has 4 aromatic rings. The number of anilines is 2. The van der Waals surface area contributed by atoms with Gasteiger partial charge in [0, 0.05) is 35.2 Å². The van der Waals surface area contributed by atoms with Gasteiger partial charge in [0.15, 0.2) is 17.2 Å². The minimum Gasteiger partial charge on any atom is -0.465 e. The van der Waals surface area contributed by atoms with Gasteiger partial charge >= 0.3 is 5.97 Å². The van der Waals surface area contributed by atoms with Crippen LogP contribution in [0.25, 0.3) is 22.6 Å². The lowest BCUT2D eigenvalue weighted by molar-refractivity contribution is 0.0599. The number of rotatable bonds is 4. The van der Waals surface area contributed by atoms with E-state index in [1.165, 1.54) is 19.5 Å². The number of carbonyl (C=O) groups is 1. The highest BCUT2D eigenvalue weighted by molar-refractivity contribution is 6.05. The number of ether oxygens (including phenoxy) is 1. The SMILES string of the molecule is COC(=O)c1cnc(-c2oc3cnccc3c2Nc2ccc3c(c2)CC/C3=N/O)nc1. The minimum absolute atomic E-state index is 0.249. The van der Waals surface area contributed by atoms with Gasteiger partial charge in [-0.25, -0.2) is 14.8 Å². The van der Waals surface area contributed by atoms with E-state index in [1.54, 1.807) is 12.4 Å². The number of nitrogens with zero attached hydrogens (tertiary/aromatic N) is 4. The molecule has 1 aliphatic rings. The molecule has 3 heterocycles. The molecule has 0 atom stereocenters. The third-order valence-electron chi connectivity index (χ3n) is 5.21. The van der Waals surface area contributed by atoms with Crippen LogP contribution in [0.5, 0.6) is 0 Å². The van der Waals surface area contributed by atoms with Crippen molar-refractivity contribution in [3.63, 3.8) is 0 Å². The van der Waals surface area contributed by atoms with Crippen LogP contribution in [0.2, 0.25) is 0 Å². The van der Waals surface area contributed by atoms with Crippen molar-refractivity contribution in [3.8, 4) is 11.6 Å². The summed E-state index contributed by atoms with van der Waals surface area (Å²) in [5.74, 6) is 0.238. The zero-order valence-electron chi connectivity index (χ0n) is 16.5. The maximum Gasteiger partial charge on any atom is 0.341 e. The molecule has 0 saturated carbocycles. The van der Waals surface area contributed by atoms with Crippen LogP contribution in [0.15, 0.2) is 58.6 Å². The fourth-order valence-corrected chi connectivity index (χ4v) is 3.70. The van der Waals surface area contributed by atoms with E-state index in [0.717, 1.165) is 28.6 Å². The summed E-state index contributed by atoms with van der Waals surface area (Å²) in [6.07, 6.45) is 7.62. The number of benzene rings is 1. The Morgan fingerprint density at radius 2 is 2.03 bits per heavy atom. The fourth-order valence-electron chi connectivity index (χ4n) is 3.70. The third-order valence-corrected chi connectivity index (χ3v) is 5.21. The molecule has 0 saturated heterocycles. The summed E-state index contributed by atoms with van der Waals surface area (Å²) in [7, 11) is 1.30. The predicted octanol–water partition coefficient (Wildman–Crippen LogP) is 3.94. The third kappa shape index (κ3) is 3.25. The molecular formula is C22H17N5O4. The highest BCUT2D eigenvalue weighted by Crippen LogP contribution is 2.38. The molecule has 5 rings (SSSR count). The van der Waals surface area contributed by atoms with E-state index < -0.39 is 5.97 Å². The number of carbonyl (C=O) groups excluding carboxylic acids is 1. The van der Waals surface area contributed by atoms with E-state index in [0.29, 0.717) is 35.0 Å². The standard InChI is InChI=1S/C22H17N5O4/c1-30-22(28)13-9-24-21(25-10-13)20-19(16-6-7-23-11-18(16)31-20)26-14-3-4-15-12(8-14)2-5-17(15)27-29/h3-4,6-11,26,29H,2,5H2,1H3/b27-17-. The Kier molecular flexibility index (Phi) is 4.55. The van der Waals surface area contributed by atoms with Crippen molar-refractivity contribution in [2.45, 2.75) is 12.8 Å². The summed E-state index contributed by atoms with van der Waals surface area (Å²) >= 11 is 0. The van der Waals surface area contributed by atoms with E-state index in [1.807, 2.05) is 24.3 Å². The van der Waals surface area contributed by atoms with Crippen LogP contribution in [0.3, 0.4) is 0 Å². The van der Waals surface area contributed by atoms with Crippen LogP contribution in [0, 0.1) is 0 Å². The quantitative estimate of drug-likeness (QED) is 0.292. The highest BCUT2D eigenvalue weighted by Gasteiger charge is 2.22. The van der Waals surface area contributed by atoms with Gasteiger partial charge in [-0.1, -0.05) is 11.2 Å². The number of furan rings is 1. The van der Waals surface area contributed by atoms with Gasteiger partial charge in [-0.2, -0.15) is 0 Å². The van der Waals surface area contributed by atoms with Crippen LogP contribution < -0.4 is 5.32 Å². The maximum atomic E-state index is 11.7. The highest BCUT2D eigenvalue weighted by atomic mass is 16.5. The van der Waals surface area contributed by atoms with Gasteiger partial charge in [0.05, 0.1) is 30.3 Å². The van der Waals surface area contributed by atoms with Gasteiger partial charge < -0.3 is 19.7 Å². The number of fused-ring (bicyclic) bond motifs is 2. The second-order valence-electron chi connectivity index (χ2n) is 7.01. The number of aryl methyl sites for hydroxylation is 1. The van der Waals surface area contributed by atoms with Crippen LogP contribution >= 0.6 is 0 Å². The average molecular weight is 415 g/mol. The molecule has 0 fully saturated rings. The number of hydrogen-bond donors (Lipinski definition) is 2. The Balaban J connectivity index is 1.57. The van der Waals surface area contributed by atoms with Crippen molar-refractivity contribution in [2.75, 3.05) is 12.4 Å². The molecule has 3 aromatic heterocycles. The van der Waals surface area contributed by atoms with Crippen molar-refractivity contribution < 1.29 is 19.2 Å². The Morgan fingerprint density at radius 1 is 1.19 bits per heavy atom. The van der Waals surface area contributed by atoms with Crippen molar-refractivity contribution in [3.05, 3.63) is 65.7 Å². The van der Waals surface area contributed by atoms with Crippen LogP contribution in [-0.4, -0.2) is 38.9 Å². The molecule has 31 heavy (non-hydrogen) atoms. The van der Waals surface area contributed by atoms with Gasteiger partial charge in [0.2, 0.25) is 0 Å². The fraction of sp³-hybridized carbons (Fsp3) is 0.136. The Morgan fingerprint density at radius 3 is 2.81 bits per heavy atom. The van der Waals surface area contributed by atoms with Gasteiger partial charge in [-0.15, -0.1) is 0 Å². The van der Waals surface area contributed by atoms with Gasteiger partial charge in [0.25, 0.3) is 0 Å². The average Bonchev–Trinajstić information content (AvgIpc) is 3.40.